The van der Waals surface area contributed by atoms with Crippen LogP contribution >= 0.6 is 0 Å². The summed E-state index contributed by atoms with van der Waals surface area (Å²) in [7, 11) is 0. The van der Waals surface area contributed by atoms with Crippen molar-refractivity contribution in [1.82, 2.24) is 5.32 Å². The number of hydrogen-bond acceptors (Lipinski definition) is 3. The van der Waals surface area contributed by atoms with Crippen molar-refractivity contribution in [1.29, 1.82) is 0 Å². The van der Waals surface area contributed by atoms with Crippen LogP contribution in [-0.2, 0) is 16.0 Å². The number of aryl methyl sites for hydroxylation is 1. The minimum absolute atomic E-state index is 0.149. The van der Waals surface area contributed by atoms with Gasteiger partial charge in [-0.2, -0.15) is 0 Å². The van der Waals surface area contributed by atoms with Gasteiger partial charge < -0.3 is 10.1 Å². The summed E-state index contributed by atoms with van der Waals surface area (Å²) in [5, 5.41) is 2.50. The van der Waals surface area contributed by atoms with Gasteiger partial charge >= 0.3 is 5.97 Å². The molecule has 25 heavy (non-hydrogen) atoms. The monoisotopic (exact) mass is 347 g/mol. The molecule has 0 spiro atoms. The van der Waals surface area contributed by atoms with Crippen LogP contribution in [0.4, 0.5) is 8.78 Å². The van der Waals surface area contributed by atoms with E-state index in [1.165, 1.54) is 6.07 Å². The molecule has 2 rings (SSSR count). The van der Waals surface area contributed by atoms with Crippen LogP contribution in [-0.4, -0.2) is 18.5 Å². The Hall–Kier alpha value is -2.76. The van der Waals surface area contributed by atoms with Crippen molar-refractivity contribution >= 4 is 11.9 Å². The number of nitrogens with one attached hydrogen (secondary N) is 1. The highest BCUT2D eigenvalue weighted by Crippen LogP contribution is 2.17. The molecule has 0 saturated heterocycles. The Kier molecular flexibility index (Phi) is 6.22. The van der Waals surface area contributed by atoms with Gasteiger partial charge in [-0.15, -0.1) is 0 Å². The number of carbonyl (C=O) groups is 2. The minimum Gasteiger partial charge on any atom is -0.452 e. The van der Waals surface area contributed by atoms with Gasteiger partial charge in [0.25, 0.3) is 5.91 Å². The van der Waals surface area contributed by atoms with E-state index in [-0.39, 0.29) is 5.56 Å². The first-order chi connectivity index (χ1) is 11.9. The smallest absolute Gasteiger partial charge is 0.338 e. The van der Waals surface area contributed by atoms with Gasteiger partial charge in [-0.05, 0) is 37.1 Å². The number of halogens is 2. The van der Waals surface area contributed by atoms with Gasteiger partial charge in [-0.3, -0.25) is 4.79 Å². The van der Waals surface area contributed by atoms with E-state index in [4.69, 9.17) is 4.74 Å². The van der Waals surface area contributed by atoms with Crippen molar-refractivity contribution in [2.75, 3.05) is 6.61 Å². The van der Waals surface area contributed by atoms with Crippen LogP contribution < -0.4 is 5.32 Å². The summed E-state index contributed by atoms with van der Waals surface area (Å²) >= 11 is 0. The summed E-state index contributed by atoms with van der Waals surface area (Å²) < 4.78 is 31.5. The van der Waals surface area contributed by atoms with E-state index in [2.05, 4.69) is 5.32 Å². The largest absolute Gasteiger partial charge is 0.452 e. The standard InChI is InChI=1S/C19H19F2NO3/c1-3-13-4-6-14(7-5-13)19(24)25-11-18(23)22-12(2)16-9-8-15(20)10-17(16)21/h4-10,12H,3,11H2,1-2H3,(H,22,23)/t12-/m1/s1. The fourth-order valence-electron chi connectivity index (χ4n) is 2.30. The number of carbonyl (C=O) groups excluding carboxylic acids is 2. The maximum atomic E-state index is 13.7. The third kappa shape index (κ3) is 5.11. The zero-order chi connectivity index (χ0) is 18.4. The maximum Gasteiger partial charge on any atom is 0.338 e. The number of hydrogen-bond donors (Lipinski definition) is 1. The van der Waals surface area contributed by atoms with Crippen molar-refractivity contribution in [3.8, 4) is 0 Å². The molecule has 0 aliphatic carbocycles. The summed E-state index contributed by atoms with van der Waals surface area (Å²) in [6.45, 7) is 3.07. The van der Waals surface area contributed by atoms with Gasteiger partial charge in [0.05, 0.1) is 11.6 Å². The van der Waals surface area contributed by atoms with Gasteiger partial charge in [-0.1, -0.05) is 25.1 Å². The van der Waals surface area contributed by atoms with Crippen LogP contribution in [0, 0.1) is 11.6 Å². The van der Waals surface area contributed by atoms with E-state index in [0.29, 0.717) is 5.56 Å². The average Bonchev–Trinajstić information content (AvgIpc) is 2.59. The van der Waals surface area contributed by atoms with Crippen LogP contribution in [0.2, 0.25) is 0 Å². The Balaban J connectivity index is 1.88. The highest BCUT2D eigenvalue weighted by atomic mass is 19.1. The number of benzene rings is 2. The molecular weight excluding hydrogens is 328 g/mol. The summed E-state index contributed by atoms with van der Waals surface area (Å²) in [5.74, 6) is -2.63. The molecule has 0 unspecified atom stereocenters. The Morgan fingerprint density at radius 1 is 1.12 bits per heavy atom. The molecule has 6 heteroatoms. The third-order valence-electron chi connectivity index (χ3n) is 3.74. The maximum absolute atomic E-state index is 13.7. The molecular formula is C19H19F2NO3. The molecule has 0 aliphatic heterocycles. The second-order valence-corrected chi connectivity index (χ2v) is 5.58. The molecule has 0 fully saturated rings. The Bertz CT molecular complexity index is 760. The second-order valence-electron chi connectivity index (χ2n) is 5.58. The van der Waals surface area contributed by atoms with Crippen molar-refractivity contribution in [2.24, 2.45) is 0 Å². The highest BCUT2D eigenvalue weighted by Gasteiger charge is 2.16. The molecule has 0 bridgehead atoms. The van der Waals surface area contributed by atoms with Gasteiger partial charge in [0.15, 0.2) is 6.61 Å². The van der Waals surface area contributed by atoms with Gasteiger partial charge in [0.1, 0.15) is 11.6 Å². The zero-order valence-electron chi connectivity index (χ0n) is 14.0. The van der Waals surface area contributed by atoms with Crippen molar-refractivity contribution in [2.45, 2.75) is 26.3 Å². The molecule has 1 N–H and O–H groups in total. The molecule has 132 valence electrons. The first-order valence-corrected chi connectivity index (χ1v) is 7.91. The van der Waals surface area contributed by atoms with Gasteiger partial charge in [-0.25, -0.2) is 13.6 Å². The van der Waals surface area contributed by atoms with E-state index >= 15 is 0 Å². The summed E-state index contributed by atoms with van der Waals surface area (Å²) in [6.07, 6.45) is 0.857. The second kappa shape index (κ2) is 8.37. The van der Waals surface area contributed by atoms with Crippen LogP contribution in [0.15, 0.2) is 42.5 Å². The van der Waals surface area contributed by atoms with Crippen LogP contribution in [0.3, 0.4) is 0 Å². The predicted octanol–water partition coefficient (Wildman–Crippen LogP) is 3.56. The third-order valence-corrected chi connectivity index (χ3v) is 3.74. The molecule has 1 amide bonds. The molecule has 0 saturated carbocycles. The fourth-order valence-corrected chi connectivity index (χ4v) is 2.30. The zero-order valence-corrected chi connectivity index (χ0v) is 14.0. The predicted molar refractivity (Wildman–Crippen MR) is 89.0 cm³/mol. The summed E-state index contributed by atoms with van der Waals surface area (Å²) in [6, 6.07) is 9.34. The number of esters is 1. The number of ether oxygens (including phenoxy) is 1. The summed E-state index contributed by atoms with van der Waals surface area (Å²) in [5.41, 5.74) is 1.59. The quantitative estimate of drug-likeness (QED) is 0.813. The van der Waals surface area contributed by atoms with Crippen LogP contribution in [0.5, 0.6) is 0 Å². The number of rotatable bonds is 6. The molecule has 0 heterocycles. The fraction of sp³-hybridized carbons (Fsp3) is 0.263. The lowest BCUT2D eigenvalue weighted by Crippen LogP contribution is -2.31. The molecule has 2 aromatic rings. The lowest BCUT2D eigenvalue weighted by molar-refractivity contribution is -0.124. The first-order valence-electron chi connectivity index (χ1n) is 7.91. The van der Waals surface area contributed by atoms with Crippen molar-refractivity contribution in [3.05, 3.63) is 70.8 Å². The average molecular weight is 347 g/mol. The molecule has 0 aromatic heterocycles. The van der Waals surface area contributed by atoms with E-state index in [1.54, 1.807) is 19.1 Å². The molecule has 0 radical (unpaired) electrons. The summed E-state index contributed by atoms with van der Waals surface area (Å²) in [4.78, 5) is 23.7. The molecule has 1 atom stereocenters. The Morgan fingerprint density at radius 3 is 2.40 bits per heavy atom. The highest BCUT2D eigenvalue weighted by molar-refractivity contribution is 5.91. The molecule has 4 nitrogen and oxygen atoms in total. The topological polar surface area (TPSA) is 55.4 Å². The van der Waals surface area contributed by atoms with E-state index in [9.17, 15) is 18.4 Å². The van der Waals surface area contributed by atoms with Crippen LogP contribution in [0.25, 0.3) is 0 Å². The Morgan fingerprint density at radius 2 is 1.80 bits per heavy atom. The van der Waals surface area contributed by atoms with E-state index in [0.717, 1.165) is 24.1 Å². The lowest BCUT2D eigenvalue weighted by atomic mass is 10.1. The van der Waals surface area contributed by atoms with Crippen molar-refractivity contribution in [3.63, 3.8) is 0 Å². The minimum atomic E-state index is -0.749. The van der Waals surface area contributed by atoms with Gasteiger partial charge in [0.2, 0.25) is 0 Å². The van der Waals surface area contributed by atoms with Crippen molar-refractivity contribution < 1.29 is 23.1 Å². The van der Waals surface area contributed by atoms with Gasteiger partial charge in [0, 0.05) is 11.6 Å². The normalized spacial score (nSPS) is 11.7. The lowest BCUT2D eigenvalue weighted by Gasteiger charge is -2.15. The van der Waals surface area contributed by atoms with E-state index < -0.39 is 36.2 Å². The Labute approximate surface area is 144 Å². The first kappa shape index (κ1) is 18.6. The number of amides is 1. The SMILES string of the molecule is CCc1ccc(C(=O)OCC(=O)N[C@H](C)c2ccc(F)cc2F)cc1. The van der Waals surface area contributed by atoms with Crippen LogP contribution in [0.1, 0.15) is 41.4 Å². The van der Waals surface area contributed by atoms with E-state index in [1.807, 2.05) is 19.1 Å². The molecule has 2 aromatic carbocycles. The molecule has 0 aliphatic rings.